The Morgan fingerprint density at radius 1 is 1.07 bits per heavy atom. The second kappa shape index (κ2) is 8.15. The highest BCUT2D eigenvalue weighted by atomic mass is 19.1. The summed E-state index contributed by atoms with van der Waals surface area (Å²) in [6, 6.07) is 12.2. The maximum Gasteiger partial charge on any atom is 0.266 e. The van der Waals surface area contributed by atoms with E-state index in [1.165, 1.54) is 35.5 Å². The van der Waals surface area contributed by atoms with E-state index in [-0.39, 0.29) is 18.0 Å². The van der Waals surface area contributed by atoms with Gasteiger partial charge in [-0.2, -0.15) is 0 Å². The Kier molecular flexibility index (Phi) is 5.48. The summed E-state index contributed by atoms with van der Waals surface area (Å²) >= 11 is 0. The van der Waals surface area contributed by atoms with Crippen LogP contribution >= 0.6 is 0 Å². The zero-order valence-corrected chi connectivity index (χ0v) is 14.2. The van der Waals surface area contributed by atoms with Crippen LogP contribution in [-0.2, 0) is 6.54 Å². The molecule has 0 radical (unpaired) electrons. The van der Waals surface area contributed by atoms with Crippen molar-refractivity contribution in [1.29, 1.82) is 0 Å². The second-order valence-corrected chi connectivity index (χ2v) is 5.62. The molecule has 0 saturated heterocycles. The van der Waals surface area contributed by atoms with Gasteiger partial charge in [0, 0.05) is 24.3 Å². The third-order valence-corrected chi connectivity index (χ3v) is 3.81. The lowest BCUT2D eigenvalue weighted by molar-refractivity contribution is 0.0951. The fourth-order valence-corrected chi connectivity index (χ4v) is 2.47. The van der Waals surface area contributed by atoms with E-state index in [2.05, 4.69) is 9.97 Å². The van der Waals surface area contributed by atoms with Gasteiger partial charge in [0.15, 0.2) is 0 Å². The molecule has 0 unspecified atom stereocenters. The van der Waals surface area contributed by atoms with Crippen molar-refractivity contribution in [1.82, 2.24) is 15.4 Å². The quantitative estimate of drug-likeness (QED) is 0.409. The van der Waals surface area contributed by atoms with Crippen molar-refractivity contribution in [2.75, 3.05) is 4.90 Å². The number of rotatable bonds is 5. The molecule has 7 nitrogen and oxygen atoms in total. The number of hydrazine groups is 1. The van der Waals surface area contributed by atoms with Crippen LogP contribution in [-0.4, -0.2) is 21.8 Å². The molecule has 0 spiro atoms. The summed E-state index contributed by atoms with van der Waals surface area (Å²) in [5.74, 6) is 3.82. The Hall–Kier alpha value is -3.65. The molecule has 136 valence electrons. The molecule has 0 aliphatic heterocycles. The fourth-order valence-electron chi connectivity index (χ4n) is 2.47. The minimum atomic E-state index is -0.470. The number of anilines is 1. The molecule has 2 heterocycles. The van der Waals surface area contributed by atoms with Gasteiger partial charge in [-0.1, -0.05) is 6.07 Å². The highest BCUT2D eigenvalue weighted by molar-refractivity contribution is 6.05. The standard InChI is InChI=1S/C19H16FN5O2/c20-15-4-1-5-17(9-15)25(19(27)14-3-2-8-22-10-14)12-16-7-6-13(11-23-16)18(26)24-21/h1-11H,12,21H2,(H,24,26). The van der Waals surface area contributed by atoms with Gasteiger partial charge in [0.1, 0.15) is 5.82 Å². The van der Waals surface area contributed by atoms with E-state index in [1.54, 1.807) is 36.5 Å². The molecule has 0 saturated carbocycles. The average molecular weight is 365 g/mol. The summed E-state index contributed by atoms with van der Waals surface area (Å²) in [7, 11) is 0. The van der Waals surface area contributed by atoms with Crippen molar-refractivity contribution < 1.29 is 14.0 Å². The monoisotopic (exact) mass is 365 g/mol. The van der Waals surface area contributed by atoms with E-state index in [9.17, 15) is 14.0 Å². The maximum atomic E-state index is 13.7. The van der Waals surface area contributed by atoms with Crippen molar-refractivity contribution in [3.63, 3.8) is 0 Å². The highest BCUT2D eigenvalue weighted by Gasteiger charge is 2.19. The molecule has 3 N–H and O–H groups in total. The number of amides is 2. The summed E-state index contributed by atoms with van der Waals surface area (Å²) in [5.41, 5.74) is 3.57. The number of hydrogen-bond donors (Lipinski definition) is 2. The van der Waals surface area contributed by atoms with E-state index >= 15 is 0 Å². The van der Waals surface area contributed by atoms with Crippen molar-refractivity contribution in [3.8, 4) is 0 Å². The number of pyridine rings is 2. The molecule has 2 amide bonds. The van der Waals surface area contributed by atoms with Gasteiger partial charge in [-0.15, -0.1) is 0 Å². The van der Waals surface area contributed by atoms with Crippen LogP contribution in [0.4, 0.5) is 10.1 Å². The van der Waals surface area contributed by atoms with Crippen molar-refractivity contribution >= 4 is 17.5 Å². The Balaban J connectivity index is 1.92. The van der Waals surface area contributed by atoms with E-state index in [4.69, 9.17) is 5.84 Å². The predicted octanol–water partition coefficient (Wildman–Crippen LogP) is 2.07. The van der Waals surface area contributed by atoms with Crippen LogP contribution in [0.15, 0.2) is 67.1 Å². The SMILES string of the molecule is NNC(=O)c1ccc(CN(C(=O)c2cccnc2)c2cccc(F)c2)nc1. The number of nitrogen functional groups attached to an aromatic ring is 1. The summed E-state index contributed by atoms with van der Waals surface area (Å²) in [4.78, 5) is 34.0. The lowest BCUT2D eigenvalue weighted by Gasteiger charge is -2.22. The molecule has 3 aromatic rings. The smallest absolute Gasteiger partial charge is 0.266 e. The topological polar surface area (TPSA) is 101 Å². The predicted molar refractivity (Wildman–Crippen MR) is 97.0 cm³/mol. The number of nitrogens with two attached hydrogens (primary N) is 1. The number of nitrogens with zero attached hydrogens (tertiary/aromatic N) is 3. The summed E-state index contributed by atoms with van der Waals surface area (Å²) in [6.45, 7) is 0.0850. The molecule has 0 bridgehead atoms. The van der Waals surface area contributed by atoms with Gasteiger partial charge >= 0.3 is 0 Å². The van der Waals surface area contributed by atoms with Crippen molar-refractivity contribution in [2.45, 2.75) is 6.54 Å². The summed E-state index contributed by atoms with van der Waals surface area (Å²) < 4.78 is 13.7. The molecular weight excluding hydrogens is 349 g/mol. The summed E-state index contributed by atoms with van der Waals surface area (Å²) in [6.07, 6.45) is 4.36. The van der Waals surface area contributed by atoms with E-state index in [0.29, 0.717) is 16.9 Å². The molecule has 0 aliphatic carbocycles. The number of halogens is 1. The van der Waals surface area contributed by atoms with Crippen molar-refractivity contribution in [3.05, 3.63) is 89.8 Å². The number of aromatic nitrogens is 2. The number of nitrogens with one attached hydrogen (secondary N) is 1. The van der Waals surface area contributed by atoms with E-state index in [0.717, 1.165) is 0 Å². The minimum Gasteiger partial charge on any atom is -0.302 e. The van der Waals surface area contributed by atoms with Crippen LogP contribution in [0.25, 0.3) is 0 Å². The molecule has 3 rings (SSSR count). The Morgan fingerprint density at radius 3 is 2.56 bits per heavy atom. The van der Waals surface area contributed by atoms with E-state index < -0.39 is 11.7 Å². The van der Waals surface area contributed by atoms with Crippen LogP contribution < -0.4 is 16.2 Å². The Morgan fingerprint density at radius 2 is 1.93 bits per heavy atom. The van der Waals surface area contributed by atoms with Gasteiger partial charge in [-0.25, -0.2) is 10.2 Å². The number of carbonyl (C=O) groups excluding carboxylic acids is 2. The molecule has 0 fully saturated rings. The zero-order chi connectivity index (χ0) is 19.2. The molecule has 2 aromatic heterocycles. The van der Waals surface area contributed by atoms with Crippen LogP contribution in [0.5, 0.6) is 0 Å². The van der Waals surface area contributed by atoms with Gasteiger partial charge in [0.25, 0.3) is 11.8 Å². The fraction of sp³-hybridized carbons (Fsp3) is 0.0526. The van der Waals surface area contributed by atoms with Crippen LogP contribution in [0, 0.1) is 5.82 Å². The largest absolute Gasteiger partial charge is 0.302 e. The minimum absolute atomic E-state index is 0.0850. The number of carbonyl (C=O) groups is 2. The first kappa shape index (κ1) is 18.2. The second-order valence-electron chi connectivity index (χ2n) is 5.62. The van der Waals surface area contributed by atoms with Gasteiger partial charge in [-0.3, -0.25) is 25.0 Å². The van der Waals surface area contributed by atoms with Gasteiger partial charge < -0.3 is 4.90 Å². The van der Waals surface area contributed by atoms with Crippen LogP contribution in [0.2, 0.25) is 0 Å². The molecule has 8 heteroatoms. The zero-order valence-electron chi connectivity index (χ0n) is 14.2. The normalized spacial score (nSPS) is 10.3. The average Bonchev–Trinajstić information content (AvgIpc) is 2.72. The lowest BCUT2D eigenvalue weighted by atomic mass is 10.2. The molecule has 0 aliphatic rings. The van der Waals surface area contributed by atoms with Crippen LogP contribution in [0.3, 0.4) is 0 Å². The third-order valence-electron chi connectivity index (χ3n) is 3.81. The maximum absolute atomic E-state index is 13.7. The number of hydrogen-bond acceptors (Lipinski definition) is 5. The first-order valence-electron chi connectivity index (χ1n) is 8.02. The molecular formula is C19H16FN5O2. The molecule has 1 aromatic carbocycles. The lowest BCUT2D eigenvalue weighted by Crippen LogP contribution is -2.31. The first-order chi connectivity index (χ1) is 13.1. The Labute approximate surface area is 154 Å². The molecule has 27 heavy (non-hydrogen) atoms. The Bertz CT molecular complexity index is 948. The third kappa shape index (κ3) is 4.31. The van der Waals surface area contributed by atoms with Crippen LogP contribution in [0.1, 0.15) is 26.4 Å². The first-order valence-corrected chi connectivity index (χ1v) is 8.02. The molecule has 0 atom stereocenters. The van der Waals surface area contributed by atoms with E-state index in [1.807, 2.05) is 5.43 Å². The highest BCUT2D eigenvalue weighted by Crippen LogP contribution is 2.20. The number of benzene rings is 1. The van der Waals surface area contributed by atoms with Gasteiger partial charge in [0.2, 0.25) is 0 Å². The summed E-state index contributed by atoms with van der Waals surface area (Å²) in [5, 5.41) is 0. The van der Waals surface area contributed by atoms with Gasteiger partial charge in [-0.05, 0) is 42.5 Å². The van der Waals surface area contributed by atoms with Crippen molar-refractivity contribution in [2.24, 2.45) is 5.84 Å². The van der Waals surface area contributed by atoms with Gasteiger partial charge in [0.05, 0.1) is 23.4 Å².